The third kappa shape index (κ3) is 11.4. The van der Waals surface area contributed by atoms with Crippen molar-refractivity contribution in [3.05, 3.63) is 42.5 Å². The fourth-order valence-electron chi connectivity index (χ4n) is 6.73. The third-order valence-electron chi connectivity index (χ3n) is 10.3. The lowest BCUT2D eigenvalue weighted by molar-refractivity contribution is -0.144. The zero-order valence-corrected chi connectivity index (χ0v) is 34.1. The minimum absolute atomic E-state index is 0.0156. The molecule has 0 spiro atoms. The van der Waals surface area contributed by atoms with E-state index in [2.05, 4.69) is 27.8 Å². The zero-order valence-electron chi connectivity index (χ0n) is 33.2. The molecule has 53 heavy (non-hydrogen) atoms. The first-order chi connectivity index (χ1) is 24.5. The number of Topliss-reactive ketones (excluding diaryl/α,β-unsaturated/α-hetero) is 1. The highest BCUT2D eigenvalue weighted by Gasteiger charge is 2.48. The predicted octanol–water partition coefficient (Wildman–Crippen LogP) is 3.77. The number of hydrogen-bond acceptors (Lipinski definition) is 7. The lowest BCUT2D eigenvalue weighted by atomic mass is 9.84. The average Bonchev–Trinajstić information content (AvgIpc) is 3.76. The summed E-state index contributed by atoms with van der Waals surface area (Å²) in [5.74, 6) is -2.47. The number of nitrogens with one attached hydrogen (secondary N) is 4. The van der Waals surface area contributed by atoms with Crippen molar-refractivity contribution in [3.8, 4) is 0 Å². The van der Waals surface area contributed by atoms with Crippen molar-refractivity contribution in [2.75, 3.05) is 26.7 Å². The molecule has 0 radical (unpaired) electrons. The topological polar surface area (TPSA) is 174 Å². The Morgan fingerprint density at radius 3 is 2.11 bits per heavy atom. The summed E-state index contributed by atoms with van der Waals surface area (Å²) in [7, 11) is -2.40. The number of benzene rings is 1. The lowest BCUT2D eigenvalue weighted by Gasteiger charge is -2.38. The van der Waals surface area contributed by atoms with Crippen molar-refractivity contribution in [3.63, 3.8) is 0 Å². The largest absolute Gasteiger partial charge is 0.346 e. The van der Waals surface area contributed by atoms with Gasteiger partial charge in [-0.2, -0.15) is 4.31 Å². The highest BCUT2D eigenvalue weighted by molar-refractivity contribution is 7.89. The van der Waals surface area contributed by atoms with Crippen LogP contribution in [0.15, 0.2) is 41.8 Å². The molecule has 4 N–H and O–H groups in total. The number of nitrogens with zero attached hydrogens (tertiary/aromatic N) is 2. The van der Waals surface area contributed by atoms with E-state index in [1.807, 2.05) is 55.4 Å². The van der Waals surface area contributed by atoms with E-state index in [9.17, 15) is 32.4 Å². The minimum atomic E-state index is -3.87. The van der Waals surface area contributed by atoms with Gasteiger partial charge in [0.25, 0.3) is 5.91 Å². The molecule has 0 bridgehead atoms. The van der Waals surface area contributed by atoms with Crippen LogP contribution in [0.1, 0.15) is 86.6 Å². The lowest BCUT2D eigenvalue weighted by Crippen LogP contribution is -2.62. The SMILES string of the molecule is C=CCNC(=O)C(=O)C(CC1CC1)NC(=O)[C@@H]1[C@@H](C(C)C)CCN1C(=O)[C@@H](NC(=O)N[C@H](CN(C)S(=O)(=O)c1ccccc1C)C(C)(C)C)C(C)(C)C. The summed E-state index contributed by atoms with van der Waals surface area (Å²) < 4.78 is 28.3. The van der Waals surface area contributed by atoms with Crippen LogP contribution < -0.4 is 21.3 Å². The number of carbonyl (C=O) groups is 5. The molecule has 13 nitrogen and oxygen atoms in total. The first kappa shape index (κ1) is 43.6. The van der Waals surface area contributed by atoms with Gasteiger partial charge in [0, 0.05) is 32.7 Å². The molecule has 2 fully saturated rings. The van der Waals surface area contributed by atoms with Crippen LogP contribution in [0, 0.1) is 35.5 Å². The standard InChI is InChI=1S/C39H62N6O7S/c1-12-20-40-35(48)32(46)28(22-26-17-18-26)41-34(47)31-27(24(2)3)19-21-45(31)36(49)33(39(8,9)10)43-37(50)42-30(38(5,6)7)23-44(11)53(51,52)29-16-14-13-15-25(29)4/h12-16,24,26-28,30-31,33H,1,17-23H2,2-11H3,(H,40,48)(H,41,47)(H2,42,43,50)/t27-,28?,30-,31+,33-/m1/s1. The molecule has 5 atom stereocenters. The molecule has 5 amide bonds. The number of amides is 5. The van der Waals surface area contributed by atoms with Gasteiger partial charge in [0.15, 0.2) is 0 Å². The highest BCUT2D eigenvalue weighted by atomic mass is 32.2. The quantitative estimate of drug-likeness (QED) is 0.147. The Bertz CT molecular complexity index is 1630. The number of urea groups is 1. The smallest absolute Gasteiger partial charge is 0.315 e. The van der Waals surface area contributed by atoms with Crippen molar-refractivity contribution in [1.82, 2.24) is 30.5 Å². The van der Waals surface area contributed by atoms with Gasteiger partial charge in [0.1, 0.15) is 12.1 Å². The highest BCUT2D eigenvalue weighted by Crippen LogP contribution is 2.36. The molecule has 2 aliphatic rings. The number of hydrogen-bond donors (Lipinski definition) is 4. The van der Waals surface area contributed by atoms with Gasteiger partial charge in [-0.1, -0.05) is 92.5 Å². The molecule has 1 aliphatic carbocycles. The molecule has 1 unspecified atom stereocenters. The van der Waals surface area contributed by atoms with Crippen LogP contribution in [-0.2, 0) is 29.2 Å². The summed E-state index contributed by atoms with van der Waals surface area (Å²) >= 11 is 0. The summed E-state index contributed by atoms with van der Waals surface area (Å²) in [6.07, 6.45) is 4.16. The first-order valence-electron chi connectivity index (χ1n) is 18.6. The van der Waals surface area contributed by atoms with E-state index in [0.29, 0.717) is 18.4 Å². The Morgan fingerprint density at radius 1 is 0.962 bits per heavy atom. The molecule has 14 heteroatoms. The van der Waals surface area contributed by atoms with E-state index < -0.39 is 74.6 Å². The van der Waals surface area contributed by atoms with Gasteiger partial charge in [0.2, 0.25) is 27.6 Å². The van der Waals surface area contributed by atoms with Crippen LogP contribution in [0.2, 0.25) is 0 Å². The molecule has 1 aliphatic heterocycles. The van der Waals surface area contributed by atoms with Crippen LogP contribution in [-0.4, -0.2) is 98.0 Å². The molecule has 0 aromatic heterocycles. The fourth-order valence-corrected chi connectivity index (χ4v) is 8.14. The number of sulfonamides is 1. The Kier molecular flexibility index (Phi) is 14.5. The second-order valence-electron chi connectivity index (χ2n) is 17.2. The maximum absolute atomic E-state index is 14.5. The monoisotopic (exact) mass is 758 g/mol. The number of ketones is 1. The summed E-state index contributed by atoms with van der Waals surface area (Å²) in [5, 5.41) is 11.1. The van der Waals surface area contributed by atoms with Gasteiger partial charge in [-0.05, 0) is 60.0 Å². The third-order valence-corrected chi connectivity index (χ3v) is 12.3. The van der Waals surface area contributed by atoms with E-state index in [1.165, 1.54) is 22.3 Å². The second kappa shape index (κ2) is 17.6. The Balaban J connectivity index is 1.84. The van der Waals surface area contributed by atoms with E-state index >= 15 is 0 Å². The van der Waals surface area contributed by atoms with Crippen LogP contribution in [0.25, 0.3) is 0 Å². The summed E-state index contributed by atoms with van der Waals surface area (Å²) in [6, 6.07) is 2.39. The molecular weight excluding hydrogens is 697 g/mol. The Hall–Kier alpha value is -3.78. The van der Waals surface area contributed by atoms with E-state index in [4.69, 9.17) is 0 Å². The van der Waals surface area contributed by atoms with Crippen molar-refractivity contribution in [2.24, 2.45) is 28.6 Å². The minimum Gasteiger partial charge on any atom is -0.346 e. The zero-order chi connectivity index (χ0) is 40.1. The molecule has 296 valence electrons. The predicted molar refractivity (Wildman–Crippen MR) is 205 cm³/mol. The van der Waals surface area contributed by atoms with Gasteiger partial charge in [0.05, 0.1) is 10.9 Å². The maximum Gasteiger partial charge on any atom is 0.315 e. The maximum atomic E-state index is 14.5. The summed E-state index contributed by atoms with van der Waals surface area (Å²) in [4.78, 5) is 69.9. The van der Waals surface area contributed by atoms with Gasteiger partial charge in [-0.15, -0.1) is 6.58 Å². The van der Waals surface area contributed by atoms with E-state index in [1.54, 1.807) is 31.2 Å². The first-order valence-corrected chi connectivity index (χ1v) is 20.1. The van der Waals surface area contributed by atoms with Gasteiger partial charge in [-0.3, -0.25) is 19.2 Å². The Labute approximate surface area is 316 Å². The summed E-state index contributed by atoms with van der Waals surface area (Å²) in [5.41, 5.74) is -0.758. The van der Waals surface area contributed by atoms with Crippen LogP contribution in [0.4, 0.5) is 4.79 Å². The molecular formula is C39H62N6O7S. The molecule has 1 heterocycles. The van der Waals surface area contributed by atoms with E-state index in [0.717, 1.165) is 12.8 Å². The van der Waals surface area contributed by atoms with Crippen molar-refractivity contribution in [1.29, 1.82) is 0 Å². The summed E-state index contributed by atoms with van der Waals surface area (Å²) in [6.45, 7) is 20.7. The molecule has 1 saturated heterocycles. The van der Waals surface area contributed by atoms with Gasteiger partial charge >= 0.3 is 6.03 Å². The molecule has 1 saturated carbocycles. The Morgan fingerprint density at radius 2 is 1.58 bits per heavy atom. The van der Waals surface area contributed by atoms with Gasteiger partial charge in [-0.25, -0.2) is 13.2 Å². The number of likely N-dealkylation sites (N-methyl/N-ethyl adjacent to an activating group) is 1. The average molecular weight is 759 g/mol. The van der Waals surface area contributed by atoms with Crippen LogP contribution in [0.3, 0.4) is 0 Å². The number of carbonyl (C=O) groups excluding carboxylic acids is 5. The van der Waals surface area contributed by atoms with Gasteiger partial charge < -0.3 is 26.2 Å². The fraction of sp³-hybridized carbons (Fsp3) is 0.667. The van der Waals surface area contributed by atoms with Crippen molar-refractivity contribution in [2.45, 2.75) is 117 Å². The number of likely N-dealkylation sites (tertiary alicyclic amines) is 1. The molecule has 3 rings (SSSR count). The molecule has 1 aromatic rings. The van der Waals surface area contributed by atoms with Crippen molar-refractivity contribution >= 4 is 39.6 Å². The van der Waals surface area contributed by atoms with Crippen molar-refractivity contribution < 1.29 is 32.4 Å². The number of aryl methyl sites for hydroxylation is 1. The molecule has 1 aromatic carbocycles. The second-order valence-corrected chi connectivity index (χ2v) is 19.2. The normalized spacial score (nSPS) is 19.7. The van der Waals surface area contributed by atoms with Crippen LogP contribution >= 0.6 is 0 Å². The van der Waals surface area contributed by atoms with Crippen LogP contribution in [0.5, 0.6) is 0 Å². The number of rotatable bonds is 16. The van der Waals surface area contributed by atoms with E-state index in [-0.39, 0.29) is 42.3 Å².